The largest absolute Gasteiger partial charge is 0.496 e. The highest BCUT2D eigenvalue weighted by Gasteiger charge is 2.09. The van der Waals surface area contributed by atoms with E-state index in [1.807, 2.05) is 24.3 Å². The maximum Gasteiger partial charge on any atom is 0.238 e. The topological polar surface area (TPSA) is 38.3 Å². The van der Waals surface area contributed by atoms with Gasteiger partial charge in [-0.3, -0.25) is 4.79 Å². The fraction of sp³-hybridized carbons (Fsp3) is 0.364. The third-order valence-electron chi connectivity index (χ3n) is 2.01. The van der Waals surface area contributed by atoms with Gasteiger partial charge in [0.25, 0.3) is 0 Å². The van der Waals surface area contributed by atoms with Crippen LogP contribution in [0, 0.1) is 0 Å². The standard InChI is InChI=1S/C11H14ClNO2/c1-8(12)11(14)13-7-9-5-3-4-6-10(9)15-2/h3-6,8H,7H2,1-2H3,(H,13,14)/t8-/m0/s1. The summed E-state index contributed by atoms with van der Waals surface area (Å²) in [5.74, 6) is 0.586. The number of amides is 1. The normalized spacial score (nSPS) is 11.9. The molecule has 0 saturated carbocycles. The summed E-state index contributed by atoms with van der Waals surface area (Å²) in [5.41, 5.74) is 0.936. The van der Waals surface area contributed by atoms with Gasteiger partial charge in [-0.25, -0.2) is 0 Å². The molecule has 1 atom stereocenters. The molecule has 0 aliphatic heterocycles. The molecule has 1 aromatic rings. The van der Waals surface area contributed by atoms with Crippen molar-refractivity contribution in [2.75, 3.05) is 7.11 Å². The van der Waals surface area contributed by atoms with Crippen LogP contribution in [0.4, 0.5) is 0 Å². The molecule has 0 unspecified atom stereocenters. The van der Waals surface area contributed by atoms with Gasteiger partial charge < -0.3 is 10.1 Å². The number of carbonyl (C=O) groups excluding carboxylic acids is 1. The molecule has 0 saturated heterocycles. The molecule has 0 aromatic heterocycles. The molecule has 0 fully saturated rings. The number of rotatable bonds is 4. The van der Waals surface area contributed by atoms with E-state index in [0.29, 0.717) is 6.54 Å². The van der Waals surface area contributed by atoms with Crippen LogP contribution in [0.1, 0.15) is 12.5 Å². The van der Waals surface area contributed by atoms with E-state index < -0.39 is 5.38 Å². The van der Waals surface area contributed by atoms with Gasteiger partial charge in [-0.2, -0.15) is 0 Å². The molecule has 0 bridgehead atoms. The van der Waals surface area contributed by atoms with Crippen molar-refractivity contribution in [3.05, 3.63) is 29.8 Å². The summed E-state index contributed by atoms with van der Waals surface area (Å²) in [5, 5.41) is 2.21. The Balaban J connectivity index is 2.61. The Hall–Kier alpha value is -1.22. The number of methoxy groups -OCH3 is 1. The van der Waals surface area contributed by atoms with Gasteiger partial charge >= 0.3 is 0 Å². The maximum absolute atomic E-state index is 11.2. The minimum absolute atomic E-state index is 0.178. The smallest absolute Gasteiger partial charge is 0.238 e. The zero-order valence-electron chi connectivity index (χ0n) is 8.79. The maximum atomic E-state index is 11.2. The molecule has 3 nitrogen and oxygen atoms in total. The average molecular weight is 228 g/mol. The van der Waals surface area contributed by atoms with Gasteiger partial charge in [0.15, 0.2) is 0 Å². The van der Waals surface area contributed by atoms with E-state index in [1.54, 1.807) is 14.0 Å². The molecular weight excluding hydrogens is 214 g/mol. The van der Waals surface area contributed by atoms with Gasteiger partial charge in [0.2, 0.25) is 5.91 Å². The summed E-state index contributed by atoms with van der Waals surface area (Å²) in [7, 11) is 1.60. The van der Waals surface area contributed by atoms with Crippen LogP contribution < -0.4 is 10.1 Å². The lowest BCUT2D eigenvalue weighted by Crippen LogP contribution is -2.29. The molecule has 0 radical (unpaired) electrons. The van der Waals surface area contributed by atoms with Crippen LogP contribution in [0.25, 0.3) is 0 Å². The Labute approximate surface area is 94.4 Å². The fourth-order valence-corrected chi connectivity index (χ4v) is 1.25. The molecule has 82 valence electrons. The van der Waals surface area contributed by atoms with E-state index in [0.717, 1.165) is 11.3 Å². The van der Waals surface area contributed by atoms with Crippen LogP contribution in [0.3, 0.4) is 0 Å². The molecule has 1 aromatic carbocycles. The quantitative estimate of drug-likeness (QED) is 0.799. The van der Waals surface area contributed by atoms with Gasteiger partial charge in [0.1, 0.15) is 11.1 Å². The third kappa shape index (κ3) is 3.44. The number of hydrogen-bond donors (Lipinski definition) is 1. The average Bonchev–Trinajstić information content (AvgIpc) is 2.26. The van der Waals surface area contributed by atoms with Crippen molar-refractivity contribution in [3.63, 3.8) is 0 Å². The Morgan fingerprint density at radius 3 is 2.80 bits per heavy atom. The molecule has 1 N–H and O–H groups in total. The van der Waals surface area contributed by atoms with Crippen molar-refractivity contribution in [2.24, 2.45) is 0 Å². The summed E-state index contributed by atoms with van der Waals surface area (Å²) < 4.78 is 5.15. The van der Waals surface area contributed by atoms with Crippen LogP contribution in [-0.4, -0.2) is 18.4 Å². The number of ether oxygens (including phenoxy) is 1. The van der Waals surface area contributed by atoms with Crippen LogP contribution in [0.2, 0.25) is 0 Å². The van der Waals surface area contributed by atoms with Gasteiger partial charge in [0.05, 0.1) is 7.11 Å². The number of hydrogen-bond acceptors (Lipinski definition) is 2. The zero-order chi connectivity index (χ0) is 11.3. The first kappa shape index (κ1) is 11.9. The first-order valence-electron chi connectivity index (χ1n) is 4.69. The number of para-hydroxylation sites is 1. The van der Waals surface area contributed by atoms with Gasteiger partial charge in [-0.1, -0.05) is 18.2 Å². The van der Waals surface area contributed by atoms with Gasteiger partial charge in [-0.15, -0.1) is 11.6 Å². The number of alkyl halides is 1. The predicted octanol–water partition coefficient (Wildman–Crippen LogP) is 1.94. The highest BCUT2D eigenvalue weighted by molar-refractivity contribution is 6.30. The SMILES string of the molecule is COc1ccccc1CNC(=O)[C@H](C)Cl. The highest BCUT2D eigenvalue weighted by atomic mass is 35.5. The molecule has 0 aliphatic rings. The second-order valence-electron chi connectivity index (χ2n) is 3.15. The second kappa shape index (κ2) is 5.61. The minimum Gasteiger partial charge on any atom is -0.496 e. The van der Waals surface area contributed by atoms with Crippen LogP contribution in [0.5, 0.6) is 5.75 Å². The minimum atomic E-state index is -0.514. The summed E-state index contributed by atoms with van der Waals surface area (Å²) in [4.78, 5) is 11.2. The van der Waals surface area contributed by atoms with Crippen molar-refractivity contribution in [3.8, 4) is 5.75 Å². The fourth-order valence-electron chi connectivity index (χ4n) is 1.17. The lowest BCUT2D eigenvalue weighted by Gasteiger charge is -2.10. The van der Waals surface area contributed by atoms with Crippen molar-refractivity contribution in [1.29, 1.82) is 0 Å². The monoisotopic (exact) mass is 227 g/mol. The van der Waals surface area contributed by atoms with Crippen molar-refractivity contribution >= 4 is 17.5 Å². The molecule has 0 aliphatic carbocycles. The van der Waals surface area contributed by atoms with E-state index in [4.69, 9.17) is 16.3 Å². The Kier molecular flexibility index (Phi) is 4.43. The number of benzene rings is 1. The van der Waals surface area contributed by atoms with Gasteiger partial charge in [-0.05, 0) is 13.0 Å². The second-order valence-corrected chi connectivity index (χ2v) is 3.80. The summed E-state index contributed by atoms with van der Waals surface area (Å²) in [6.45, 7) is 2.07. The molecule has 4 heteroatoms. The molecule has 1 amide bonds. The highest BCUT2D eigenvalue weighted by Crippen LogP contribution is 2.16. The molecule has 0 spiro atoms. The van der Waals surface area contributed by atoms with E-state index in [1.165, 1.54) is 0 Å². The van der Waals surface area contributed by atoms with E-state index in [2.05, 4.69) is 5.32 Å². The predicted molar refractivity (Wildman–Crippen MR) is 60.2 cm³/mol. The molecule has 15 heavy (non-hydrogen) atoms. The van der Waals surface area contributed by atoms with Gasteiger partial charge in [0, 0.05) is 12.1 Å². The number of halogens is 1. The first-order valence-corrected chi connectivity index (χ1v) is 5.12. The Bertz CT molecular complexity index is 339. The lowest BCUT2D eigenvalue weighted by molar-refractivity contribution is -0.120. The van der Waals surface area contributed by atoms with Crippen LogP contribution >= 0.6 is 11.6 Å². The van der Waals surface area contributed by atoms with E-state index in [-0.39, 0.29) is 5.91 Å². The number of carbonyl (C=O) groups is 1. The molecular formula is C11H14ClNO2. The Morgan fingerprint density at radius 1 is 1.53 bits per heavy atom. The number of nitrogens with one attached hydrogen (secondary N) is 1. The summed E-state index contributed by atoms with van der Waals surface area (Å²) in [6, 6.07) is 7.53. The summed E-state index contributed by atoms with van der Waals surface area (Å²) >= 11 is 5.62. The van der Waals surface area contributed by atoms with Crippen molar-refractivity contribution < 1.29 is 9.53 Å². The van der Waals surface area contributed by atoms with E-state index >= 15 is 0 Å². The third-order valence-corrected chi connectivity index (χ3v) is 2.21. The zero-order valence-corrected chi connectivity index (χ0v) is 9.54. The van der Waals surface area contributed by atoms with Crippen molar-refractivity contribution in [2.45, 2.75) is 18.8 Å². The van der Waals surface area contributed by atoms with Crippen LogP contribution in [-0.2, 0) is 11.3 Å². The molecule has 0 heterocycles. The molecule has 1 rings (SSSR count). The van der Waals surface area contributed by atoms with Crippen molar-refractivity contribution in [1.82, 2.24) is 5.32 Å². The Morgan fingerprint density at radius 2 is 2.20 bits per heavy atom. The first-order chi connectivity index (χ1) is 7.15. The summed E-state index contributed by atoms with van der Waals surface area (Å²) in [6.07, 6.45) is 0. The lowest BCUT2D eigenvalue weighted by atomic mass is 10.2. The van der Waals surface area contributed by atoms with E-state index in [9.17, 15) is 4.79 Å². The van der Waals surface area contributed by atoms with Crippen LogP contribution in [0.15, 0.2) is 24.3 Å².